The zero-order valence-corrected chi connectivity index (χ0v) is 13.4. The fraction of sp³-hybridized carbons (Fsp3) is 0.467. The molecule has 0 aliphatic rings. The minimum absolute atomic E-state index is 0.0218. The number of benzene rings is 1. The summed E-state index contributed by atoms with van der Waals surface area (Å²) in [5, 5.41) is 0. The van der Waals surface area contributed by atoms with Crippen LogP contribution >= 0.6 is 0 Å². The number of hydrogen-bond acceptors (Lipinski definition) is 1. The molecule has 0 spiro atoms. The van der Waals surface area contributed by atoms with Crippen molar-refractivity contribution in [2.75, 3.05) is 0 Å². The van der Waals surface area contributed by atoms with Gasteiger partial charge in [0.05, 0.1) is 0 Å². The molecule has 0 aliphatic heterocycles. The molecular formula is C15H24OSi. The molecule has 94 valence electrons. The lowest BCUT2D eigenvalue weighted by atomic mass is 9.91. The van der Waals surface area contributed by atoms with Crippen molar-refractivity contribution < 1.29 is 4.43 Å². The van der Waals surface area contributed by atoms with Crippen molar-refractivity contribution in [1.82, 2.24) is 0 Å². The highest BCUT2D eigenvalue weighted by Gasteiger charge is 2.19. The van der Waals surface area contributed by atoms with Gasteiger partial charge in [-0.15, -0.1) is 0 Å². The summed E-state index contributed by atoms with van der Waals surface area (Å²) < 4.78 is 5.63. The SMILES string of the molecule is CCC(C=Cc1ccccc1)CC(C)(C)O[SiH3]. The summed E-state index contributed by atoms with van der Waals surface area (Å²) in [5.41, 5.74) is 1.30. The molecule has 0 radical (unpaired) electrons. The van der Waals surface area contributed by atoms with Crippen LogP contribution in [0, 0.1) is 5.92 Å². The maximum atomic E-state index is 5.63. The molecule has 1 aromatic rings. The van der Waals surface area contributed by atoms with Crippen molar-refractivity contribution in [3.8, 4) is 0 Å². The molecule has 1 rings (SSSR count). The Bertz CT molecular complexity index is 343. The van der Waals surface area contributed by atoms with Gasteiger partial charge in [0.1, 0.15) is 10.5 Å². The van der Waals surface area contributed by atoms with Crippen LogP contribution in [0.5, 0.6) is 0 Å². The molecule has 1 atom stereocenters. The van der Waals surface area contributed by atoms with Crippen LogP contribution in [0.3, 0.4) is 0 Å². The fourth-order valence-corrected chi connectivity index (χ4v) is 2.04. The zero-order valence-electron chi connectivity index (χ0n) is 11.4. The van der Waals surface area contributed by atoms with Crippen LogP contribution < -0.4 is 0 Å². The Hall–Kier alpha value is -0.863. The van der Waals surface area contributed by atoms with Crippen LogP contribution in [-0.4, -0.2) is 16.1 Å². The molecule has 2 heteroatoms. The van der Waals surface area contributed by atoms with Crippen molar-refractivity contribution >= 4 is 16.6 Å². The largest absolute Gasteiger partial charge is 0.423 e. The summed E-state index contributed by atoms with van der Waals surface area (Å²) in [7, 11) is 0.811. The zero-order chi connectivity index (χ0) is 12.7. The predicted molar refractivity (Wildman–Crippen MR) is 79.0 cm³/mol. The molecule has 0 heterocycles. The van der Waals surface area contributed by atoms with Gasteiger partial charge in [0.25, 0.3) is 0 Å². The normalized spacial score (nSPS) is 14.3. The van der Waals surface area contributed by atoms with Gasteiger partial charge >= 0.3 is 0 Å². The second-order valence-corrected chi connectivity index (χ2v) is 5.51. The highest BCUT2D eigenvalue weighted by molar-refractivity contribution is 5.98. The lowest BCUT2D eigenvalue weighted by molar-refractivity contribution is 0.0981. The average molecular weight is 248 g/mol. The van der Waals surface area contributed by atoms with Crippen LogP contribution in [-0.2, 0) is 4.43 Å². The van der Waals surface area contributed by atoms with Crippen LogP contribution in [0.1, 0.15) is 39.2 Å². The topological polar surface area (TPSA) is 9.23 Å². The van der Waals surface area contributed by atoms with E-state index in [9.17, 15) is 0 Å². The van der Waals surface area contributed by atoms with Crippen molar-refractivity contribution in [3.05, 3.63) is 42.0 Å². The molecular weight excluding hydrogens is 224 g/mol. The van der Waals surface area contributed by atoms with Crippen LogP contribution in [0.4, 0.5) is 0 Å². The molecule has 17 heavy (non-hydrogen) atoms. The van der Waals surface area contributed by atoms with Crippen molar-refractivity contribution in [2.45, 2.75) is 39.2 Å². The predicted octanol–water partition coefficient (Wildman–Crippen LogP) is 3.19. The van der Waals surface area contributed by atoms with E-state index >= 15 is 0 Å². The summed E-state index contributed by atoms with van der Waals surface area (Å²) in [6, 6.07) is 10.5. The van der Waals surface area contributed by atoms with Gasteiger partial charge in [-0.05, 0) is 38.2 Å². The number of rotatable bonds is 6. The van der Waals surface area contributed by atoms with Crippen LogP contribution in [0.2, 0.25) is 0 Å². The summed E-state index contributed by atoms with van der Waals surface area (Å²) in [6.07, 6.45) is 6.79. The van der Waals surface area contributed by atoms with Crippen LogP contribution in [0.25, 0.3) is 6.08 Å². The Morgan fingerprint density at radius 1 is 1.29 bits per heavy atom. The second kappa shape index (κ2) is 6.77. The summed E-state index contributed by atoms with van der Waals surface area (Å²) in [5.74, 6) is 0.596. The van der Waals surface area contributed by atoms with E-state index in [1.807, 2.05) is 6.07 Å². The van der Waals surface area contributed by atoms with Gasteiger partial charge in [0.15, 0.2) is 0 Å². The number of hydrogen-bond donors (Lipinski definition) is 0. The Kier molecular flexibility index (Phi) is 5.66. The molecule has 1 nitrogen and oxygen atoms in total. The standard InChI is InChI=1S/C15H24OSi/c1-4-13(12-15(2,3)16-17)10-11-14-8-6-5-7-9-14/h5-11,13H,4,12H2,1-3,17H3. The van der Waals surface area contributed by atoms with E-state index in [1.54, 1.807) is 0 Å². The maximum Gasteiger partial charge on any atom is 0.146 e. The monoisotopic (exact) mass is 248 g/mol. The molecule has 0 aromatic heterocycles. The van der Waals surface area contributed by atoms with E-state index in [0.717, 1.165) is 23.3 Å². The van der Waals surface area contributed by atoms with E-state index in [2.05, 4.69) is 57.2 Å². The maximum absolute atomic E-state index is 5.63. The Labute approximate surface area is 108 Å². The van der Waals surface area contributed by atoms with Gasteiger partial charge in [0.2, 0.25) is 0 Å². The molecule has 0 aliphatic carbocycles. The Balaban J connectivity index is 2.61. The first-order valence-electron chi connectivity index (χ1n) is 6.36. The smallest absolute Gasteiger partial charge is 0.146 e. The lowest BCUT2D eigenvalue weighted by Crippen LogP contribution is -2.26. The van der Waals surface area contributed by atoms with Gasteiger partial charge < -0.3 is 4.43 Å². The van der Waals surface area contributed by atoms with Gasteiger partial charge in [-0.25, -0.2) is 0 Å². The first-order chi connectivity index (χ1) is 8.07. The third kappa shape index (κ3) is 5.33. The molecule has 0 saturated carbocycles. The summed E-state index contributed by atoms with van der Waals surface area (Å²) in [4.78, 5) is 0. The Morgan fingerprint density at radius 2 is 1.94 bits per heavy atom. The van der Waals surface area contributed by atoms with E-state index in [4.69, 9.17) is 4.43 Å². The Morgan fingerprint density at radius 3 is 2.47 bits per heavy atom. The van der Waals surface area contributed by atoms with E-state index in [1.165, 1.54) is 5.56 Å². The lowest BCUT2D eigenvalue weighted by Gasteiger charge is -2.27. The van der Waals surface area contributed by atoms with Crippen LogP contribution in [0.15, 0.2) is 36.4 Å². The van der Waals surface area contributed by atoms with Crippen molar-refractivity contribution in [2.24, 2.45) is 5.92 Å². The quantitative estimate of drug-likeness (QED) is 0.703. The summed E-state index contributed by atoms with van der Waals surface area (Å²) >= 11 is 0. The minimum atomic E-state index is 0.0218. The molecule has 0 saturated heterocycles. The number of allylic oxidation sites excluding steroid dienone is 1. The van der Waals surface area contributed by atoms with E-state index < -0.39 is 0 Å². The van der Waals surface area contributed by atoms with E-state index in [0.29, 0.717) is 5.92 Å². The highest BCUT2D eigenvalue weighted by Crippen LogP contribution is 2.23. The third-order valence-corrected chi connectivity index (χ3v) is 4.30. The van der Waals surface area contributed by atoms with Crippen molar-refractivity contribution in [1.29, 1.82) is 0 Å². The fourth-order valence-electron chi connectivity index (χ4n) is 1.87. The first kappa shape index (κ1) is 14.2. The first-order valence-corrected chi connectivity index (χ1v) is 7.17. The van der Waals surface area contributed by atoms with Gasteiger partial charge in [0, 0.05) is 5.60 Å². The van der Waals surface area contributed by atoms with Gasteiger partial charge in [-0.3, -0.25) is 0 Å². The van der Waals surface area contributed by atoms with Gasteiger partial charge in [-0.2, -0.15) is 0 Å². The average Bonchev–Trinajstić information content (AvgIpc) is 2.35. The third-order valence-electron chi connectivity index (χ3n) is 3.19. The molecule has 1 unspecified atom stereocenters. The molecule has 1 aromatic carbocycles. The molecule has 0 amide bonds. The van der Waals surface area contributed by atoms with E-state index in [-0.39, 0.29) is 5.60 Å². The molecule has 0 fully saturated rings. The second-order valence-electron chi connectivity index (χ2n) is 5.11. The minimum Gasteiger partial charge on any atom is -0.423 e. The summed E-state index contributed by atoms with van der Waals surface area (Å²) in [6.45, 7) is 6.60. The highest BCUT2D eigenvalue weighted by atomic mass is 28.2. The van der Waals surface area contributed by atoms with Crippen molar-refractivity contribution in [3.63, 3.8) is 0 Å². The molecule has 0 bridgehead atoms. The molecule has 0 N–H and O–H groups in total. The van der Waals surface area contributed by atoms with Gasteiger partial charge in [-0.1, -0.05) is 49.4 Å².